The highest BCUT2D eigenvalue weighted by Crippen LogP contribution is 2.38. The molecule has 1 aliphatic carbocycles. The third-order valence-electron chi connectivity index (χ3n) is 8.20. The van der Waals surface area contributed by atoms with Gasteiger partial charge in [0.05, 0.1) is 11.7 Å². The van der Waals surface area contributed by atoms with Crippen LogP contribution >= 0.6 is 0 Å². The molecule has 0 aliphatic heterocycles. The van der Waals surface area contributed by atoms with Crippen molar-refractivity contribution in [1.29, 1.82) is 0 Å². The monoisotopic (exact) mass is 739 g/mol. The normalized spacial score (nSPS) is 15.2. The van der Waals surface area contributed by atoms with Gasteiger partial charge in [-0.15, -0.1) is 0 Å². The van der Waals surface area contributed by atoms with Gasteiger partial charge in [-0.25, -0.2) is 34.1 Å². The zero-order valence-corrected chi connectivity index (χ0v) is 29.1. The first-order valence-corrected chi connectivity index (χ1v) is 16.9. The van der Waals surface area contributed by atoms with Crippen LogP contribution in [0.4, 0.5) is 5.82 Å². The van der Waals surface area contributed by atoms with Gasteiger partial charge in [-0.3, -0.25) is 0 Å². The van der Waals surface area contributed by atoms with Crippen LogP contribution in [0.3, 0.4) is 0 Å². The fourth-order valence-electron chi connectivity index (χ4n) is 5.76. The van der Waals surface area contributed by atoms with Crippen molar-refractivity contribution in [3.05, 3.63) is 110 Å². The summed E-state index contributed by atoms with van der Waals surface area (Å²) in [6.45, 7) is 2.03. The van der Waals surface area contributed by atoms with Crippen LogP contribution in [0.5, 0.6) is 11.5 Å². The van der Waals surface area contributed by atoms with E-state index in [4.69, 9.17) is 30.9 Å². The fourth-order valence-corrected chi connectivity index (χ4v) is 5.76. The minimum atomic E-state index is -1.26. The highest BCUT2D eigenvalue weighted by molar-refractivity contribution is 6.00. The molecule has 0 spiro atoms. The Labute approximate surface area is 309 Å². The van der Waals surface area contributed by atoms with E-state index in [2.05, 4.69) is 47.7 Å². The minimum absolute atomic E-state index is 0.394. The lowest BCUT2D eigenvalue weighted by atomic mass is 9.91. The predicted molar refractivity (Wildman–Crippen MR) is 199 cm³/mol. The van der Waals surface area contributed by atoms with Crippen molar-refractivity contribution in [3.8, 4) is 22.6 Å². The third-order valence-corrected chi connectivity index (χ3v) is 8.20. The Bertz CT molecular complexity index is 1970. The van der Waals surface area contributed by atoms with Crippen molar-refractivity contribution < 1.29 is 44.3 Å². The van der Waals surface area contributed by atoms with Gasteiger partial charge < -0.3 is 45.3 Å². The lowest BCUT2D eigenvalue weighted by Gasteiger charge is -2.30. The maximum atomic E-state index is 9.55. The summed E-state index contributed by atoms with van der Waals surface area (Å²) < 4.78 is 10.4. The molecule has 3 aromatic heterocycles. The first kappa shape index (κ1) is 40.0. The molecule has 7 N–H and O–H groups in total. The van der Waals surface area contributed by atoms with Gasteiger partial charge in [-0.2, -0.15) is 0 Å². The van der Waals surface area contributed by atoms with E-state index in [-0.39, 0.29) is 0 Å². The molecule has 1 aliphatic rings. The number of aliphatic carboxylic acids is 4. The number of carboxylic acids is 4. The van der Waals surface area contributed by atoms with Gasteiger partial charge in [0.15, 0.2) is 0 Å². The molecule has 1 saturated carbocycles. The summed E-state index contributed by atoms with van der Waals surface area (Å²) in [6.07, 6.45) is 17.4. The number of nitrogens with one attached hydrogen (secondary N) is 1. The summed E-state index contributed by atoms with van der Waals surface area (Å²) >= 11 is 0. The topological polar surface area (TPSA) is 245 Å². The summed E-state index contributed by atoms with van der Waals surface area (Å²) in [5.74, 6) is -2.90. The first-order valence-electron chi connectivity index (χ1n) is 16.9. The lowest BCUT2D eigenvalue weighted by molar-refractivity contribution is -0.134. The molecule has 54 heavy (non-hydrogen) atoms. The number of aromatic nitrogens is 5. The molecule has 6 rings (SSSR count). The van der Waals surface area contributed by atoms with Crippen molar-refractivity contribution in [2.24, 2.45) is 0 Å². The Kier molecular flexibility index (Phi) is 15.0. The summed E-state index contributed by atoms with van der Waals surface area (Å²) in [6, 6.07) is 18.9. The third kappa shape index (κ3) is 12.8. The average Bonchev–Trinajstić information content (AvgIpc) is 3.83. The summed E-state index contributed by atoms with van der Waals surface area (Å²) in [7, 11) is 0. The SMILES string of the molecule is Nc1ncnc2c1c(-c1ccc(Oc3ccccc3)cc1)cn2C1CCC(NCCCn2ccnc2)CC1.O=C(O)/C=C\C(=O)O.O=C(O)/C=C\C(=O)O. The minimum Gasteiger partial charge on any atom is -0.478 e. The van der Waals surface area contributed by atoms with E-state index in [1.807, 2.05) is 61.2 Å². The number of para-hydroxylation sites is 1. The number of imidazole rings is 1. The molecule has 282 valence electrons. The van der Waals surface area contributed by atoms with E-state index in [0.717, 1.165) is 78.9 Å². The standard InChI is InChI=1S/C30H33N7O.2C4H4O4/c31-29-28-27(22-7-13-26(14-8-22)38-25-5-2-1-3-6-25)19-37(30(28)35-20-34-29)24-11-9-23(10-12-24)33-15-4-17-36-18-16-32-21-36;2*5-3(6)1-2-4(7)8/h1-3,5-8,13-14,16,18-21,23-24,33H,4,9-12,15,17H2,(H2,31,34,35);2*1-2H,(H,5,6)(H,7,8)/b;2*2-1-. The summed E-state index contributed by atoms with van der Waals surface area (Å²) in [5, 5.41) is 35.9. The zero-order chi connectivity index (χ0) is 38.9. The number of carboxylic acid groups (broad SMARTS) is 4. The molecule has 16 heteroatoms. The molecule has 1 fully saturated rings. The Hall–Kier alpha value is -6.81. The maximum absolute atomic E-state index is 9.55. The van der Waals surface area contributed by atoms with Crippen LogP contribution in [0.15, 0.2) is 110 Å². The maximum Gasteiger partial charge on any atom is 0.328 e. The average molecular weight is 740 g/mol. The Morgan fingerprint density at radius 3 is 1.96 bits per heavy atom. The van der Waals surface area contributed by atoms with Gasteiger partial charge in [-0.1, -0.05) is 30.3 Å². The quantitative estimate of drug-likeness (QED) is 0.0667. The number of carbonyl (C=O) groups is 4. The molecule has 5 aromatic rings. The van der Waals surface area contributed by atoms with Crippen LogP contribution in [-0.4, -0.2) is 81.0 Å². The van der Waals surface area contributed by atoms with Gasteiger partial charge in [0.2, 0.25) is 0 Å². The number of fused-ring (bicyclic) bond motifs is 1. The zero-order valence-electron chi connectivity index (χ0n) is 29.1. The molecule has 0 unspecified atom stereocenters. The number of nitrogens with two attached hydrogens (primary N) is 1. The second-order valence-electron chi connectivity index (χ2n) is 12.0. The number of rotatable bonds is 13. The van der Waals surface area contributed by atoms with Crippen molar-refractivity contribution in [3.63, 3.8) is 0 Å². The lowest BCUT2D eigenvalue weighted by Crippen LogP contribution is -2.34. The number of nitrogen functional groups attached to an aromatic ring is 1. The molecule has 0 saturated heterocycles. The van der Waals surface area contributed by atoms with Crippen LogP contribution < -0.4 is 15.8 Å². The predicted octanol–water partition coefficient (Wildman–Crippen LogP) is 5.26. The molecule has 0 atom stereocenters. The van der Waals surface area contributed by atoms with Gasteiger partial charge in [0.1, 0.15) is 29.3 Å². The smallest absolute Gasteiger partial charge is 0.328 e. The van der Waals surface area contributed by atoms with Crippen molar-refractivity contribution >= 4 is 40.7 Å². The van der Waals surface area contributed by atoms with E-state index >= 15 is 0 Å². The largest absolute Gasteiger partial charge is 0.478 e. The second kappa shape index (κ2) is 20.3. The molecule has 0 radical (unpaired) electrons. The van der Waals surface area contributed by atoms with E-state index in [9.17, 15) is 19.2 Å². The van der Waals surface area contributed by atoms with Crippen LogP contribution in [-0.2, 0) is 25.7 Å². The second-order valence-corrected chi connectivity index (χ2v) is 12.0. The number of hydrogen-bond donors (Lipinski definition) is 6. The highest BCUT2D eigenvalue weighted by Gasteiger charge is 2.25. The van der Waals surface area contributed by atoms with E-state index in [0.29, 0.717) is 42.2 Å². The molecule has 0 amide bonds. The van der Waals surface area contributed by atoms with E-state index in [1.165, 1.54) is 0 Å². The van der Waals surface area contributed by atoms with E-state index in [1.54, 1.807) is 6.33 Å². The highest BCUT2D eigenvalue weighted by atomic mass is 16.5. The Morgan fingerprint density at radius 1 is 0.815 bits per heavy atom. The van der Waals surface area contributed by atoms with Gasteiger partial charge in [-0.05, 0) is 68.5 Å². The Balaban J connectivity index is 0.000000341. The van der Waals surface area contributed by atoms with Crippen LogP contribution in [0, 0.1) is 0 Å². The van der Waals surface area contributed by atoms with Crippen molar-refractivity contribution in [1.82, 2.24) is 29.4 Å². The van der Waals surface area contributed by atoms with Gasteiger partial charge in [0.25, 0.3) is 0 Å². The molecular formula is C38H41N7O9. The molecule has 2 aromatic carbocycles. The first-order chi connectivity index (χ1) is 26.0. The number of anilines is 1. The Morgan fingerprint density at radius 2 is 1.41 bits per heavy atom. The van der Waals surface area contributed by atoms with Crippen LogP contribution in [0.25, 0.3) is 22.2 Å². The molecule has 0 bridgehead atoms. The number of nitrogens with zero attached hydrogens (tertiary/aromatic N) is 5. The number of aryl methyl sites for hydroxylation is 1. The fraction of sp³-hybridized carbons (Fsp3) is 0.237. The number of benzene rings is 2. The van der Waals surface area contributed by atoms with Gasteiger partial charge in [0, 0.05) is 67.1 Å². The summed E-state index contributed by atoms with van der Waals surface area (Å²) in [5.41, 5.74) is 9.43. The van der Waals surface area contributed by atoms with E-state index < -0.39 is 23.9 Å². The van der Waals surface area contributed by atoms with Crippen molar-refractivity contribution in [2.45, 2.75) is 50.7 Å². The van der Waals surface area contributed by atoms with Crippen LogP contribution in [0.1, 0.15) is 38.1 Å². The number of hydrogen-bond acceptors (Lipinski definition) is 10. The summed E-state index contributed by atoms with van der Waals surface area (Å²) in [4.78, 5) is 51.3. The molecule has 3 heterocycles. The number of ether oxygens (including phenoxy) is 1. The van der Waals surface area contributed by atoms with Crippen molar-refractivity contribution in [2.75, 3.05) is 12.3 Å². The van der Waals surface area contributed by atoms with Crippen LogP contribution in [0.2, 0.25) is 0 Å². The molecule has 16 nitrogen and oxygen atoms in total. The van der Waals surface area contributed by atoms with Gasteiger partial charge >= 0.3 is 23.9 Å². The molecular weight excluding hydrogens is 698 g/mol.